The summed E-state index contributed by atoms with van der Waals surface area (Å²) >= 11 is 0. The number of hydrogen-bond acceptors (Lipinski definition) is 2. The average molecular weight is 73.1 g/mol. The number of ether oxygens (including phenoxy) is 1. The molecular formula is C3H5O2. The summed E-state index contributed by atoms with van der Waals surface area (Å²) in [5.74, 6) is 0. The minimum Gasteiger partial charge on any atom is -0.394 e. The van der Waals surface area contributed by atoms with Gasteiger partial charge < -0.3 is 9.84 Å². The zero-order chi connectivity index (χ0) is 3.70. The van der Waals surface area contributed by atoms with E-state index in [9.17, 15) is 0 Å². The SMILES string of the molecule is OCC1[CH]O1. The van der Waals surface area contributed by atoms with Crippen molar-refractivity contribution >= 4 is 0 Å². The van der Waals surface area contributed by atoms with Gasteiger partial charge in [-0.15, -0.1) is 0 Å². The van der Waals surface area contributed by atoms with Crippen LogP contribution in [0, 0.1) is 6.61 Å². The van der Waals surface area contributed by atoms with Crippen molar-refractivity contribution in [2.45, 2.75) is 6.10 Å². The van der Waals surface area contributed by atoms with E-state index in [2.05, 4.69) is 4.74 Å². The van der Waals surface area contributed by atoms with Gasteiger partial charge in [0.2, 0.25) is 0 Å². The fourth-order valence-corrected chi connectivity index (χ4v) is 0.142. The van der Waals surface area contributed by atoms with Crippen LogP contribution >= 0.6 is 0 Å². The molecule has 29 valence electrons. The highest BCUT2D eigenvalue weighted by molar-refractivity contribution is 4.80. The van der Waals surface area contributed by atoms with Gasteiger partial charge in [-0.1, -0.05) is 0 Å². The second-order valence-electron chi connectivity index (χ2n) is 0.993. The van der Waals surface area contributed by atoms with E-state index in [4.69, 9.17) is 5.11 Å². The molecule has 1 fully saturated rings. The van der Waals surface area contributed by atoms with E-state index in [0.717, 1.165) is 0 Å². The van der Waals surface area contributed by atoms with Crippen LogP contribution < -0.4 is 0 Å². The fraction of sp³-hybridized carbons (Fsp3) is 0.667. The van der Waals surface area contributed by atoms with Crippen molar-refractivity contribution in [1.82, 2.24) is 0 Å². The first-order valence-electron chi connectivity index (χ1n) is 1.53. The molecule has 2 nitrogen and oxygen atoms in total. The van der Waals surface area contributed by atoms with Gasteiger partial charge in [0, 0.05) is 0 Å². The Labute approximate surface area is 30.4 Å². The molecule has 0 amide bonds. The molecule has 0 aromatic heterocycles. The molecule has 0 aromatic carbocycles. The van der Waals surface area contributed by atoms with E-state index in [1.807, 2.05) is 0 Å². The third-order valence-corrected chi connectivity index (χ3v) is 0.508. The van der Waals surface area contributed by atoms with Crippen molar-refractivity contribution in [2.24, 2.45) is 0 Å². The molecule has 1 aliphatic heterocycles. The maximum atomic E-state index is 8.05. The third-order valence-electron chi connectivity index (χ3n) is 0.508. The van der Waals surface area contributed by atoms with Crippen molar-refractivity contribution in [3.05, 3.63) is 6.61 Å². The second kappa shape index (κ2) is 0.954. The molecule has 5 heavy (non-hydrogen) atoms. The van der Waals surface area contributed by atoms with Crippen LogP contribution in [0.3, 0.4) is 0 Å². The number of aliphatic hydroxyl groups is 1. The molecule has 1 aliphatic rings. The summed E-state index contributed by atoms with van der Waals surface area (Å²) < 4.78 is 4.48. The maximum Gasteiger partial charge on any atom is 0.115 e. The van der Waals surface area contributed by atoms with E-state index in [-0.39, 0.29) is 12.7 Å². The van der Waals surface area contributed by atoms with E-state index >= 15 is 0 Å². The molecule has 1 saturated heterocycles. The Morgan fingerprint density at radius 3 is 2.60 bits per heavy atom. The van der Waals surface area contributed by atoms with E-state index in [1.54, 1.807) is 6.61 Å². The van der Waals surface area contributed by atoms with Gasteiger partial charge >= 0.3 is 0 Å². The lowest BCUT2D eigenvalue weighted by Crippen LogP contribution is -1.87. The highest BCUT2D eigenvalue weighted by Gasteiger charge is 2.21. The van der Waals surface area contributed by atoms with E-state index in [1.165, 1.54) is 0 Å². The van der Waals surface area contributed by atoms with Crippen LogP contribution in [0.15, 0.2) is 0 Å². The lowest BCUT2D eigenvalue weighted by molar-refractivity contribution is 0.245. The van der Waals surface area contributed by atoms with Gasteiger partial charge in [-0.3, -0.25) is 0 Å². The Bertz CT molecular complexity index is 31.9. The van der Waals surface area contributed by atoms with Gasteiger partial charge in [0.25, 0.3) is 0 Å². The second-order valence-corrected chi connectivity index (χ2v) is 0.993. The zero-order valence-corrected chi connectivity index (χ0v) is 2.72. The Balaban J connectivity index is 2.00. The van der Waals surface area contributed by atoms with Crippen LogP contribution in [0.25, 0.3) is 0 Å². The minimum absolute atomic E-state index is 0.0648. The first kappa shape index (κ1) is 3.12. The lowest BCUT2D eigenvalue weighted by atomic mass is 10.5. The smallest absolute Gasteiger partial charge is 0.115 e. The third kappa shape index (κ3) is 0.597. The molecule has 0 aliphatic carbocycles. The van der Waals surface area contributed by atoms with Crippen LogP contribution in [-0.2, 0) is 4.74 Å². The first-order valence-corrected chi connectivity index (χ1v) is 1.53. The molecule has 0 spiro atoms. The molecule has 0 aromatic rings. The van der Waals surface area contributed by atoms with E-state index < -0.39 is 0 Å². The molecule has 1 unspecified atom stereocenters. The highest BCUT2D eigenvalue weighted by Crippen LogP contribution is 2.12. The summed E-state index contributed by atoms with van der Waals surface area (Å²) in [6.45, 7) is 1.74. The summed E-state index contributed by atoms with van der Waals surface area (Å²) in [5.41, 5.74) is 0. The fourth-order valence-electron chi connectivity index (χ4n) is 0.142. The number of rotatable bonds is 1. The van der Waals surface area contributed by atoms with Crippen LogP contribution in [0.5, 0.6) is 0 Å². The predicted octanol–water partition coefficient (Wildman–Crippen LogP) is -0.461. The normalized spacial score (nSPS) is 34.2. The topological polar surface area (TPSA) is 32.8 Å². The quantitative estimate of drug-likeness (QED) is 0.426. The Morgan fingerprint density at radius 1 is 2.00 bits per heavy atom. The van der Waals surface area contributed by atoms with Crippen LogP contribution in [-0.4, -0.2) is 17.8 Å². The van der Waals surface area contributed by atoms with Gasteiger partial charge in [0.05, 0.1) is 6.61 Å². The van der Waals surface area contributed by atoms with Gasteiger partial charge in [-0.2, -0.15) is 0 Å². The van der Waals surface area contributed by atoms with Crippen LogP contribution in [0.1, 0.15) is 0 Å². The molecule has 1 rings (SSSR count). The highest BCUT2D eigenvalue weighted by atomic mass is 16.6. The molecule has 0 bridgehead atoms. The standard InChI is InChI=1S/C3H5O2/c4-1-3-2-5-3/h2-4H,1H2. The predicted molar refractivity (Wildman–Crippen MR) is 16.3 cm³/mol. The van der Waals surface area contributed by atoms with Crippen molar-refractivity contribution in [1.29, 1.82) is 0 Å². The summed E-state index contributed by atoms with van der Waals surface area (Å²) in [7, 11) is 0. The number of hydrogen-bond donors (Lipinski definition) is 1. The average Bonchev–Trinajstić information content (AvgIpc) is 2.12. The monoisotopic (exact) mass is 73.0 g/mol. The molecule has 1 radical (unpaired) electrons. The van der Waals surface area contributed by atoms with Crippen LogP contribution in [0.2, 0.25) is 0 Å². The lowest BCUT2D eigenvalue weighted by Gasteiger charge is -1.70. The molecule has 2 heteroatoms. The van der Waals surface area contributed by atoms with Crippen LogP contribution in [0.4, 0.5) is 0 Å². The van der Waals surface area contributed by atoms with Crippen molar-refractivity contribution < 1.29 is 9.84 Å². The molecular weight excluding hydrogens is 68.0 g/mol. The largest absolute Gasteiger partial charge is 0.394 e. The molecule has 0 saturated carbocycles. The van der Waals surface area contributed by atoms with E-state index in [0.29, 0.717) is 0 Å². The molecule has 1 heterocycles. The van der Waals surface area contributed by atoms with Gasteiger partial charge in [-0.05, 0) is 0 Å². The van der Waals surface area contributed by atoms with Gasteiger partial charge in [0.1, 0.15) is 12.7 Å². The number of aliphatic hydroxyl groups excluding tert-OH is 1. The van der Waals surface area contributed by atoms with Crippen molar-refractivity contribution in [3.63, 3.8) is 0 Å². The Kier molecular flexibility index (Phi) is 0.596. The van der Waals surface area contributed by atoms with Gasteiger partial charge in [-0.25, -0.2) is 0 Å². The summed E-state index contributed by atoms with van der Waals surface area (Å²) in [4.78, 5) is 0. The minimum atomic E-state index is 0.0648. The van der Waals surface area contributed by atoms with Crippen molar-refractivity contribution in [2.75, 3.05) is 6.61 Å². The molecule has 1 atom stereocenters. The number of epoxide rings is 1. The summed E-state index contributed by atoms with van der Waals surface area (Å²) in [6, 6.07) is 0. The van der Waals surface area contributed by atoms with Gasteiger partial charge in [0.15, 0.2) is 0 Å². The molecule has 1 N–H and O–H groups in total. The first-order chi connectivity index (χ1) is 2.43. The zero-order valence-electron chi connectivity index (χ0n) is 2.72. The Hall–Kier alpha value is -0.0800. The summed E-state index contributed by atoms with van der Waals surface area (Å²) in [5, 5.41) is 8.05. The Morgan fingerprint density at radius 2 is 2.60 bits per heavy atom. The summed E-state index contributed by atoms with van der Waals surface area (Å²) in [6.07, 6.45) is 0.0648. The maximum absolute atomic E-state index is 8.05. The van der Waals surface area contributed by atoms with Crippen molar-refractivity contribution in [3.8, 4) is 0 Å².